The molecular weight excluding hydrogens is 437 g/mol. The first-order valence-corrected chi connectivity index (χ1v) is 10.9. The van der Waals surface area contributed by atoms with E-state index < -0.39 is 18.0 Å². The second kappa shape index (κ2) is 7.66. The van der Waals surface area contributed by atoms with Gasteiger partial charge in [0.1, 0.15) is 17.0 Å². The third-order valence-corrected chi connectivity index (χ3v) is 6.04. The average molecular weight is 458 g/mol. The van der Waals surface area contributed by atoms with Crippen LogP contribution in [-0.2, 0) is 10.9 Å². The zero-order valence-electron chi connectivity index (χ0n) is 17.5. The van der Waals surface area contributed by atoms with Gasteiger partial charge in [-0.25, -0.2) is 19.2 Å². The summed E-state index contributed by atoms with van der Waals surface area (Å²) in [5, 5.41) is 15.9. The second-order valence-electron chi connectivity index (χ2n) is 8.30. The molecule has 2 saturated heterocycles. The first-order valence-electron chi connectivity index (χ1n) is 10.9. The van der Waals surface area contributed by atoms with E-state index in [2.05, 4.69) is 30.8 Å². The molecule has 0 amide bonds. The van der Waals surface area contributed by atoms with Crippen molar-refractivity contribution >= 4 is 22.5 Å². The van der Waals surface area contributed by atoms with Crippen LogP contribution in [-0.4, -0.2) is 55.1 Å². The maximum Gasteiger partial charge on any atom is 0.420 e. The molecular formula is C21H21F3N8O. The number of nitrogens with zero attached hydrogens (tertiary/aromatic N) is 6. The molecule has 33 heavy (non-hydrogen) atoms. The van der Waals surface area contributed by atoms with E-state index in [1.807, 2.05) is 12.1 Å². The molecule has 4 aromatic heterocycles. The highest BCUT2D eigenvalue weighted by atomic mass is 19.4. The lowest BCUT2D eigenvalue weighted by atomic mass is 10.1. The molecule has 4 aromatic rings. The van der Waals surface area contributed by atoms with Crippen LogP contribution in [0.5, 0.6) is 0 Å². The van der Waals surface area contributed by atoms with Crippen molar-refractivity contribution in [3.8, 4) is 11.4 Å². The fraction of sp³-hybridized carbons (Fsp3) is 0.429. The molecule has 2 N–H and O–H groups in total. The number of halogens is 3. The van der Waals surface area contributed by atoms with E-state index in [4.69, 9.17) is 4.74 Å². The smallest absolute Gasteiger partial charge is 0.356 e. The van der Waals surface area contributed by atoms with Crippen LogP contribution in [0.1, 0.15) is 31.1 Å². The molecule has 0 bridgehead atoms. The highest BCUT2D eigenvalue weighted by molar-refractivity contribution is 6.03. The minimum Gasteiger partial charge on any atom is -0.356 e. The van der Waals surface area contributed by atoms with Crippen LogP contribution in [0.3, 0.4) is 0 Å². The summed E-state index contributed by atoms with van der Waals surface area (Å²) in [4.78, 5) is 8.23. The van der Waals surface area contributed by atoms with Crippen LogP contribution >= 0.6 is 0 Å². The van der Waals surface area contributed by atoms with Gasteiger partial charge < -0.3 is 15.4 Å². The summed E-state index contributed by atoms with van der Waals surface area (Å²) >= 11 is 0. The summed E-state index contributed by atoms with van der Waals surface area (Å²) in [6.45, 7) is 1.97. The molecule has 2 aliphatic rings. The van der Waals surface area contributed by atoms with E-state index in [1.54, 1.807) is 21.5 Å². The van der Waals surface area contributed by atoms with Crippen LogP contribution in [0.15, 0.2) is 30.6 Å². The lowest BCUT2D eigenvalue weighted by molar-refractivity contribution is -0.137. The van der Waals surface area contributed by atoms with Crippen molar-refractivity contribution in [1.29, 1.82) is 0 Å². The van der Waals surface area contributed by atoms with Crippen LogP contribution in [0.25, 0.3) is 27.9 Å². The van der Waals surface area contributed by atoms with Crippen LogP contribution < -0.4 is 10.6 Å². The fourth-order valence-electron chi connectivity index (χ4n) is 4.27. The third kappa shape index (κ3) is 3.49. The van der Waals surface area contributed by atoms with Crippen molar-refractivity contribution in [1.82, 2.24) is 34.7 Å². The summed E-state index contributed by atoms with van der Waals surface area (Å²) in [5.74, 6) is 0.137. The number of hydrogen-bond donors (Lipinski definition) is 2. The lowest BCUT2D eigenvalue weighted by Gasteiger charge is -2.28. The Hall–Kier alpha value is -3.25. The number of rotatable bonds is 4. The zero-order valence-corrected chi connectivity index (χ0v) is 17.5. The van der Waals surface area contributed by atoms with Gasteiger partial charge in [-0.2, -0.15) is 18.3 Å². The van der Waals surface area contributed by atoms with Gasteiger partial charge in [0.05, 0.1) is 16.9 Å². The van der Waals surface area contributed by atoms with Gasteiger partial charge >= 0.3 is 6.18 Å². The number of hydrogen-bond acceptors (Lipinski definition) is 7. The number of pyridine rings is 1. The Kier molecular flexibility index (Phi) is 4.73. The zero-order chi connectivity index (χ0) is 22.6. The van der Waals surface area contributed by atoms with Crippen LogP contribution in [0.2, 0.25) is 0 Å². The van der Waals surface area contributed by atoms with Gasteiger partial charge in [-0.1, -0.05) is 6.07 Å². The molecule has 6 rings (SSSR count). The summed E-state index contributed by atoms with van der Waals surface area (Å²) in [6.07, 6.45) is 0.132. The van der Waals surface area contributed by atoms with E-state index in [9.17, 15) is 13.2 Å². The molecule has 1 atom stereocenters. The Morgan fingerprint density at radius 1 is 1.12 bits per heavy atom. The van der Waals surface area contributed by atoms with Gasteiger partial charge in [0, 0.05) is 32.1 Å². The van der Waals surface area contributed by atoms with E-state index in [1.165, 1.54) is 0 Å². The topological polar surface area (TPSA) is 94.2 Å². The standard InChI is InChI=1S/C21H21F3N8O/c22-21(23,24)13-11-26-20(27-12-9-25-10-12)28-17(13)18-16-14-5-1-3-7-31(14)30-19(16)32(29-18)15-6-2-4-8-33-15/h1,3,5,7,11-12,15,25H,2,4,6,8-10H2,(H,26,27,28). The quantitative estimate of drug-likeness (QED) is 0.485. The lowest BCUT2D eigenvalue weighted by Crippen LogP contribution is -2.51. The molecule has 0 saturated carbocycles. The van der Waals surface area contributed by atoms with E-state index in [-0.39, 0.29) is 23.4 Å². The van der Waals surface area contributed by atoms with E-state index >= 15 is 0 Å². The summed E-state index contributed by atoms with van der Waals surface area (Å²) in [6, 6.07) is 5.50. The molecule has 2 fully saturated rings. The number of ether oxygens (including phenoxy) is 1. The molecule has 0 aliphatic carbocycles. The monoisotopic (exact) mass is 458 g/mol. The van der Waals surface area contributed by atoms with Crippen molar-refractivity contribution < 1.29 is 17.9 Å². The van der Waals surface area contributed by atoms with Gasteiger partial charge in [-0.15, -0.1) is 5.10 Å². The Balaban J connectivity index is 1.59. The predicted octanol–water partition coefficient (Wildman–Crippen LogP) is 3.24. The largest absolute Gasteiger partial charge is 0.420 e. The van der Waals surface area contributed by atoms with E-state index in [0.717, 1.165) is 19.0 Å². The molecule has 12 heteroatoms. The Bertz CT molecular complexity index is 1320. The highest BCUT2D eigenvalue weighted by Gasteiger charge is 2.38. The van der Waals surface area contributed by atoms with Crippen LogP contribution in [0, 0.1) is 0 Å². The Morgan fingerprint density at radius 3 is 2.73 bits per heavy atom. The molecule has 2 aliphatic heterocycles. The molecule has 0 spiro atoms. The molecule has 0 aromatic carbocycles. The van der Waals surface area contributed by atoms with Gasteiger partial charge in [-0.05, 0) is 31.4 Å². The van der Waals surface area contributed by atoms with Gasteiger partial charge in [0.15, 0.2) is 11.9 Å². The first-order chi connectivity index (χ1) is 16.0. The second-order valence-corrected chi connectivity index (χ2v) is 8.30. The Labute approximate surface area is 186 Å². The summed E-state index contributed by atoms with van der Waals surface area (Å²) < 4.78 is 51.2. The van der Waals surface area contributed by atoms with Gasteiger partial charge in [0.2, 0.25) is 5.95 Å². The average Bonchev–Trinajstić information content (AvgIpc) is 3.33. The fourth-order valence-corrected chi connectivity index (χ4v) is 4.27. The minimum absolute atomic E-state index is 0.0692. The van der Waals surface area contributed by atoms with Gasteiger partial charge in [0.25, 0.3) is 0 Å². The Morgan fingerprint density at radius 2 is 2.00 bits per heavy atom. The maximum atomic E-state index is 14.0. The number of nitrogens with one attached hydrogen (secondary N) is 2. The highest BCUT2D eigenvalue weighted by Crippen LogP contribution is 2.40. The van der Waals surface area contributed by atoms with Gasteiger partial charge in [-0.3, -0.25) is 0 Å². The summed E-state index contributed by atoms with van der Waals surface area (Å²) in [5.41, 5.74) is 0.0168. The number of aromatic nitrogens is 6. The molecule has 1 unspecified atom stereocenters. The molecule has 0 radical (unpaired) electrons. The number of anilines is 1. The van der Waals surface area contributed by atoms with Crippen molar-refractivity contribution in [3.05, 3.63) is 36.2 Å². The van der Waals surface area contributed by atoms with Crippen molar-refractivity contribution in [2.45, 2.75) is 37.7 Å². The van der Waals surface area contributed by atoms with Crippen molar-refractivity contribution in [3.63, 3.8) is 0 Å². The first kappa shape index (κ1) is 20.4. The third-order valence-electron chi connectivity index (χ3n) is 6.04. The molecule has 6 heterocycles. The normalized spacial score (nSPS) is 19.8. The number of fused-ring (bicyclic) bond motifs is 3. The maximum absolute atomic E-state index is 14.0. The van der Waals surface area contributed by atoms with Crippen molar-refractivity contribution in [2.24, 2.45) is 0 Å². The molecule has 172 valence electrons. The minimum atomic E-state index is -4.65. The van der Waals surface area contributed by atoms with E-state index in [0.29, 0.717) is 42.7 Å². The SMILES string of the molecule is FC(F)(F)c1cnc(NC2CNC2)nc1-c1nn(C2CCCCO2)c2nn3ccccc3c12. The van der Waals surface area contributed by atoms with Crippen LogP contribution in [0.4, 0.5) is 19.1 Å². The summed E-state index contributed by atoms with van der Waals surface area (Å²) in [7, 11) is 0. The number of alkyl halides is 3. The predicted molar refractivity (Wildman–Crippen MR) is 114 cm³/mol. The van der Waals surface area contributed by atoms with Crippen molar-refractivity contribution in [2.75, 3.05) is 25.0 Å². The molecule has 9 nitrogen and oxygen atoms in total.